The zero-order valence-corrected chi connectivity index (χ0v) is 10.9. The summed E-state index contributed by atoms with van der Waals surface area (Å²) in [4.78, 5) is 0. The molecule has 0 aliphatic rings. The van der Waals surface area contributed by atoms with E-state index in [-0.39, 0.29) is 93.7 Å². The van der Waals surface area contributed by atoms with Crippen molar-refractivity contribution in [2.75, 3.05) is 0 Å². The molecule has 9 heavy (non-hydrogen) atoms. The Kier molecular flexibility index (Phi) is 11300. The van der Waals surface area contributed by atoms with Crippen molar-refractivity contribution in [1.82, 2.24) is 0 Å². The van der Waals surface area contributed by atoms with E-state index in [9.17, 15) is 0 Å². The summed E-state index contributed by atoms with van der Waals surface area (Å²) < 4.78 is 0. The molecular weight excluding hydrogens is 263 g/mol. The van der Waals surface area contributed by atoms with Gasteiger partial charge in [-0.2, -0.15) is 0 Å². The molecule has 0 rings (SSSR count). The van der Waals surface area contributed by atoms with Gasteiger partial charge in [0.15, 0.2) is 0 Å². The maximum absolute atomic E-state index is 0. The molecule has 0 unspecified atom stereocenters. The fourth-order valence-corrected chi connectivity index (χ4v) is 0. The van der Waals surface area contributed by atoms with Crippen LogP contribution in [0.3, 0.4) is 0 Å². The Balaban J connectivity index is 0. The van der Waals surface area contributed by atoms with E-state index in [0.29, 0.717) is 0 Å². The number of hydrogen-bond donors (Lipinski definition) is 0. The van der Waals surface area contributed by atoms with Crippen LogP contribution in [0, 0.1) is 0 Å². The first-order chi connectivity index (χ1) is 0. The van der Waals surface area contributed by atoms with Gasteiger partial charge in [0.2, 0.25) is 0 Å². The minimum atomic E-state index is 0. The van der Waals surface area contributed by atoms with Gasteiger partial charge in [-0.15, -0.1) is 49.6 Å². The Morgan fingerprint density at radius 2 is 0.333 bits per heavy atom. The number of halogens is 4. The van der Waals surface area contributed by atoms with Crippen LogP contribution in [0.25, 0.3) is 24.6 Å². The van der Waals surface area contributed by atoms with Gasteiger partial charge in [0, 0.05) is 19.5 Å². The second-order valence-corrected chi connectivity index (χ2v) is 0. The molecule has 0 saturated heterocycles. The number of hydrogen-bond acceptors (Lipinski definition) is 0. The normalized spacial score (nSPS) is 0. The van der Waals surface area contributed by atoms with Crippen molar-refractivity contribution in [3.05, 3.63) is 24.6 Å². The molecule has 0 bridgehead atoms. The van der Waals surface area contributed by atoms with Crippen molar-refractivity contribution in [1.29, 1.82) is 0 Å². The zero-order valence-electron chi connectivity index (χ0n) is 4.65. The minimum absolute atomic E-state index is 0. The molecule has 0 amide bonds. The predicted molar refractivity (Wildman–Crippen MR) is 50.1 cm³/mol. The molecule has 0 heterocycles. The summed E-state index contributed by atoms with van der Waals surface area (Å²) in [6, 6.07) is 0. The van der Waals surface area contributed by atoms with Crippen LogP contribution >= 0.6 is 49.6 Å². The van der Waals surface area contributed by atoms with Crippen molar-refractivity contribution in [2.45, 2.75) is 0 Å². The number of rotatable bonds is 0. The molecule has 9 heteroatoms. The van der Waals surface area contributed by atoms with E-state index < -0.39 is 0 Å². The van der Waals surface area contributed by atoms with Gasteiger partial charge in [0.05, 0.1) is 0 Å². The van der Waals surface area contributed by atoms with Crippen molar-refractivity contribution in [3.63, 3.8) is 0 Å². The third-order valence-corrected chi connectivity index (χ3v) is 0. The Hall–Kier alpha value is 1.62. The van der Waals surface area contributed by atoms with Crippen LogP contribution in [0.2, 0.25) is 0 Å². The maximum atomic E-state index is 0. The Morgan fingerprint density at radius 1 is 0.333 bits per heavy atom. The molecule has 0 aromatic carbocycles. The summed E-state index contributed by atoms with van der Waals surface area (Å²) in [7, 11) is 0. The van der Waals surface area contributed by atoms with Crippen LogP contribution in [0.1, 0.15) is 0 Å². The van der Waals surface area contributed by atoms with Gasteiger partial charge in [-0.3, -0.25) is 0 Å². The molecule has 4 nitrogen and oxygen atoms in total. The molecule has 0 aromatic heterocycles. The van der Waals surface area contributed by atoms with Crippen LogP contribution in [0.15, 0.2) is 0 Å². The van der Waals surface area contributed by atoms with Crippen molar-refractivity contribution >= 4 is 49.6 Å². The van der Waals surface area contributed by atoms with Gasteiger partial charge in [0.25, 0.3) is 0 Å². The van der Waals surface area contributed by atoms with E-state index in [1.165, 1.54) is 0 Å². The van der Waals surface area contributed by atoms with E-state index >= 15 is 0 Å². The average Bonchev–Trinajstić information content (AvgIpc) is 0. The smallest absolute Gasteiger partial charge is 0 e. The molecule has 66 valence electrons. The molecule has 0 saturated carbocycles. The van der Waals surface area contributed by atoms with E-state index in [4.69, 9.17) is 0 Å². The first-order valence-corrected chi connectivity index (χ1v) is 0. The van der Waals surface area contributed by atoms with E-state index in [1.807, 2.05) is 0 Å². The predicted octanol–water partition coefficient (Wildman–Crippen LogP) is 4.55. The summed E-state index contributed by atoms with van der Waals surface area (Å²) in [5.41, 5.74) is 0. The second kappa shape index (κ2) is 272. The third-order valence-electron chi connectivity index (χ3n) is 0. The zero-order chi connectivity index (χ0) is 0. The monoisotopic (exact) mass is 272 g/mol. The van der Waals surface area contributed by atoms with E-state index in [1.54, 1.807) is 0 Å². The van der Waals surface area contributed by atoms with Crippen LogP contribution in [-0.2, 0) is 19.5 Å². The van der Waals surface area contributed by atoms with Gasteiger partial charge in [-0.05, 0) is 0 Å². The van der Waals surface area contributed by atoms with Gasteiger partial charge >= 0.3 is 0 Å². The number of nitrogens with two attached hydrogens (primary N) is 4. The van der Waals surface area contributed by atoms with Crippen LogP contribution < -0.4 is 0 Å². The Bertz CT molecular complexity index is 12.5. The summed E-state index contributed by atoms with van der Waals surface area (Å²) >= 11 is 0. The Labute approximate surface area is 93.4 Å². The molecule has 0 aliphatic heterocycles. The molecule has 0 radical (unpaired) electrons. The maximum Gasteiger partial charge on any atom is 0 e. The van der Waals surface area contributed by atoms with Gasteiger partial charge in [0.1, 0.15) is 0 Å². The van der Waals surface area contributed by atoms with E-state index in [0.717, 1.165) is 0 Å². The average molecular weight is 275 g/mol. The summed E-state index contributed by atoms with van der Waals surface area (Å²) in [5, 5.41) is 0. The fourth-order valence-electron chi connectivity index (χ4n) is 0. The molecule has 0 aliphatic carbocycles. The second-order valence-electron chi connectivity index (χ2n) is 0. The van der Waals surface area contributed by atoms with Gasteiger partial charge < -0.3 is 24.6 Å². The molecule has 0 fully saturated rings. The first-order valence-electron chi connectivity index (χ1n) is 0. The topological polar surface area (TPSA) is 134 Å². The van der Waals surface area contributed by atoms with Crippen LogP contribution in [0.5, 0.6) is 0 Å². The first kappa shape index (κ1) is 373. The summed E-state index contributed by atoms with van der Waals surface area (Å²) in [5.74, 6) is 0. The SMILES string of the molecule is Cl.Cl.Cl.Cl.[NH2-].[NH2-].[NH2-].[NH2-].[Zn]. The van der Waals surface area contributed by atoms with Crippen LogP contribution in [0.4, 0.5) is 0 Å². The molecule has 8 N–H and O–H groups in total. The quantitative estimate of drug-likeness (QED) is 0.573. The van der Waals surface area contributed by atoms with E-state index in [2.05, 4.69) is 0 Å². The van der Waals surface area contributed by atoms with Gasteiger partial charge in [-0.1, -0.05) is 0 Å². The summed E-state index contributed by atoms with van der Waals surface area (Å²) in [6.45, 7) is 0. The van der Waals surface area contributed by atoms with Gasteiger partial charge in [-0.25, -0.2) is 0 Å². The largest absolute Gasteiger partial charge is 0.693 e. The Morgan fingerprint density at radius 3 is 0.333 bits per heavy atom. The van der Waals surface area contributed by atoms with Crippen molar-refractivity contribution in [2.24, 2.45) is 0 Å². The standard InChI is InChI=1S/4ClH.4H2N.Zn/h4*1H;4*1H2;/q;;;;4*-1;. The molecular formula is H12Cl4N4Zn-4. The minimum Gasteiger partial charge on any atom is -0.693 e. The van der Waals surface area contributed by atoms with Crippen LogP contribution in [-0.4, -0.2) is 0 Å². The molecule has 0 atom stereocenters. The van der Waals surface area contributed by atoms with Crippen molar-refractivity contribution < 1.29 is 19.5 Å². The van der Waals surface area contributed by atoms with Crippen molar-refractivity contribution in [3.8, 4) is 0 Å². The summed E-state index contributed by atoms with van der Waals surface area (Å²) in [6.07, 6.45) is 0. The molecule has 0 aromatic rings. The molecule has 0 spiro atoms. The third kappa shape index (κ3) is 212. The fraction of sp³-hybridized carbons (Fsp3) is 0.